The van der Waals surface area contributed by atoms with E-state index in [1.807, 2.05) is 32.0 Å². The Labute approximate surface area is 145 Å². The summed E-state index contributed by atoms with van der Waals surface area (Å²) in [5, 5.41) is 10.7. The number of amides is 1. The number of aromatic nitrogens is 3. The van der Waals surface area contributed by atoms with Gasteiger partial charge in [-0.25, -0.2) is 0 Å². The number of methoxy groups -OCH3 is 1. The highest BCUT2D eigenvalue weighted by molar-refractivity contribution is 6.05. The summed E-state index contributed by atoms with van der Waals surface area (Å²) < 4.78 is 6.53. The maximum absolute atomic E-state index is 12.4. The van der Waals surface area contributed by atoms with Gasteiger partial charge in [-0.3, -0.25) is 4.79 Å². The highest BCUT2D eigenvalue weighted by atomic mass is 16.5. The molecule has 0 fully saturated rings. The van der Waals surface area contributed by atoms with Crippen LogP contribution in [0.25, 0.3) is 5.69 Å². The molecule has 0 saturated heterocycles. The SMILES string of the molecule is COc1ccc(-n2nnc(C(=O)Nc3ccc(C)c(C)c3)c2N)cc1. The van der Waals surface area contributed by atoms with Crippen molar-refractivity contribution in [2.75, 3.05) is 18.2 Å². The van der Waals surface area contributed by atoms with Crippen LogP contribution in [0.2, 0.25) is 0 Å². The van der Waals surface area contributed by atoms with Gasteiger partial charge >= 0.3 is 0 Å². The summed E-state index contributed by atoms with van der Waals surface area (Å²) in [6.07, 6.45) is 0. The van der Waals surface area contributed by atoms with Crippen LogP contribution in [0, 0.1) is 13.8 Å². The summed E-state index contributed by atoms with van der Waals surface area (Å²) in [6, 6.07) is 12.8. The molecule has 128 valence electrons. The number of nitrogens with two attached hydrogens (primary N) is 1. The lowest BCUT2D eigenvalue weighted by molar-refractivity contribution is 0.102. The third kappa shape index (κ3) is 3.30. The first-order valence-corrected chi connectivity index (χ1v) is 7.74. The molecule has 3 N–H and O–H groups in total. The Morgan fingerprint density at radius 1 is 1.12 bits per heavy atom. The molecule has 3 rings (SSSR count). The smallest absolute Gasteiger partial charge is 0.280 e. The van der Waals surface area contributed by atoms with Gasteiger partial charge in [-0.1, -0.05) is 11.3 Å². The molecule has 7 nitrogen and oxygen atoms in total. The van der Waals surface area contributed by atoms with Crippen LogP contribution in [0.5, 0.6) is 5.75 Å². The highest BCUT2D eigenvalue weighted by Crippen LogP contribution is 2.20. The molecule has 2 aromatic carbocycles. The van der Waals surface area contributed by atoms with Crippen molar-refractivity contribution < 1.29 is 9.53 Å². The zero-order chi connectivity index (χ0) is 18.0. The summed E-state index contributed by atoms with van der Waals surface area (Å²) in [5.41, 5.74) is 9.76. The standard InChI is InChI=1S/C18H19N5O2/c1-11-4-5-13(10-12(11)2)20-18(24)16-17(19)23(22-21-16)14-6-8-15(25-3)9-7-14/h4-10H,19H2,1-3H3,(H,20,24). The second kappa shape index (κ2) is 6.64. The average molecular weight is 337 g/mol. The van der Waals surface area contributed by atoms with Crippen molar-refractivity contribution in [1.29, 1.82) is 0 Å². The average Bonchev–Trinajstić information content (AvgIpc) is 3.00. The number of benzene rings is 2. The Morgan fingerprint density at radius 2 is 1.84 bits per heavy atom. The number of ether oxygens (including phenoxy) is 1. The maximum Gasteiger partial charge on any atom is 0.280 e. The van der Waals surface area contributed by atoms with E-state index < -0.39 is 5.91 Å². The minimum Gasteiger partial charge on any atom is -0.497 e. The number of carbonyl (C=O) groups excluding carboxylic acids is 1. The van der Waals surface area contributed by atoms with Gasteiger partial charge in [-0.05, 0) is 61.4 Å². The lowest BCUT2D eigenvalue weighted by Gasteiger charge is -2.07. The number of nitrogens with zero attached hydrogens (tertiary/aromatic N) is 3. The number of anilines is 2. The quantitative estimate of drug-likeness (QED) is 0.763. The first kappa shape index (κ1) is 16.5. The van der Waals surface area contributed by atoms with Crippen molar-refractivity contribution in [2.45, 2.75) is 13.8 Å². The zero-order valence-corrected chi connectivity index (χ0v) is 14.3. The third-order valence-electron chi connectivity index (χ3n) is 4.00. The van der Waals surface area contributed by atoms with Gasteiger partial charge in [0.25, 0.3) is 5.91 Å². The number of aryl methyl sites for hydroxylation is 2. The molecule has 0 bridgehead atoms. The van der Waals surface area contributed by atoms with E-state index in [1.54, 1.807) is 31.4 Å². The van der Waals surface area contributed by atoms with E-state index in [0.717, 1.165) is 16.9 Å². The molecule has 0 aliphatic rings. The fourth-order valence-corrected chi connectivity index (χ4v) is 2.37. The third-order valence-corrected chi connectivity index (χ3v) is 4.00. The Morgan fingerprint density at radius 3 is 2.48 bits per heavy atom. The van der Waals surface area contributed by atoms with Crippen LogP contribution in [-0.4, -0.2) is 28.0 Å². The molecule has 0 spiro atoms. The number of nitrogens with one attached hydrogen (secondary N) is 1. The van der Waals surface area contributed by atoms with Crippen LogP contribution in [0.15, 0.2) is 42.5 Å². The largest absolute Gasteiger partial charge is 0.497 e. The molecule has 1 heterocycles. The fraction of sp³-hybridized carbons (Fsp3) is 0.167. The van der Waals surface area contributed by atoms with Gasteiger partial charge < -0.3 is 15.8 Å². The van der Waals surface area contributed by atoms with Crippen molar-refractivity contribution >= 4 is 17.4 Å². The van der Waals surface area contributed by atoms with Crippen LogP contribution >= 0.6 is 0 Å². The minimum absolute atomic E-state index is 0.0778. The molecule has 1 aromatic heterocycles. The summed E-state index contributed by atoms with van der Waals surface area (Å²) in [6.45, 7) is 4.00. The van der Waals surface area contributed by atoms with E-state index in [2.05, 4.69) is 15.6 Å². The van der Waals surface area contributed by atoms with Gasteiger partial charge in [0.05, 0.1) is 12.8 Å². The van der Waals surface area contributed by atoms with Crippen molar-refractivity contribution in [3.8, 4) is 11.4 Å². The van der Waals surface area contributed by atoms with Crippen molar-refractivity contribution in [3.63, 3.8) is 0 Å². The Bertz CT molecular complexity index is 916. The van der Waals surface area contributed by atoms with Crippen molar-refractivity contribution in [1.82, 2.24) is 15.0 Å². The molecular weight excluding hydrogens is 318 g/mol. The Kier molecular flexibility index (Phi) is 4.38. The number of hydrogen-bond donors (Lipinski definition) is 2. The van der Waals surface area contributed by atoms with E-state index in [0.29, 0.717) is 11.4 Å². The molecule has 25 heavy (non-hydrogen) atoms. The molecule has 0 unspecified atom stereocenters. The van der Waals surface area contributed by atoms with Gasteiger partial charge in [0.15, 0.2) is 11.5 Å². The Balaban J connectivity index is 1.84. The normalized spacial score (nSPS) is 10.5. The van der Waals surface area contributed by atoms with E-state index in [-0.39, 0.29) is 11.5 Å². The molecule has 0 atom stereocenters. The lowest BCUT2D eigenvalue weighted by atomic mass is 10.1. The van der Waals surface area contributed by atoms with Crippen LogP contribution in [-0.2, 0) is 0 Å². The first-order valence-electron chi connectivity index (χ1n) is 7.74. The van der Waals surface area contributed by atoms with Gasteiger partial charge in [0.1, 0.15) is 5.75 Å². The second-order valence-electron chi connectivity index (χ2n) is 5.69. The molecule has 0 saturated carbocycles. The van der Waals surface area contributed by atoms with E-state index >= 15 is 0 Å². The van der Waals surface area contributed by atoms with Crippen molar-refractivity contribution in [2.24, 2.45) is 0 Å². The molecule has 1 amide bonds. The second-order valence-corrected chi connectivity index (χ2v) is 5.69. The summed E-state index contributed by atoms with van der Waals surface area (Å²) >= 11 is 0. The van der Waals surface area contributed by atoms with E-state index in [1.165, 1.54) is 4.68 Å². The topological polar surface area (TPSA) is 95.1 Å². The molecular formula is C18H19N5O2. The predicted molar refractivity (Wildman–Crippen MR) is 96.2 cm³/mol. The minimum atomic E-state index is -0.402. The van der Waals surface area contributed by atoms with E-state index in [4.69, 9.17) is 10.5 Å². The maximum atomic E-state index is 12.4. The molecule has 7 heteroatoms. The number of nitrogen functional groups attached to an aromatic ring is 1. The van der Waals surface area contributed by atoms with E-state index in [9.17, 15) is 4.79 Å². The van der Waals surface area contributed by atoms with Crippen molar-refractivity contribution in [3.05, 3.63) is 59.3 Å². The highest BCUT2D eigenvalue weighted by Gasteiger charge is 2.18. The van der Waals surface area contributed by atoms with Crippen LogP contribution in [0.3, 0.4) is 0 Å². The Hall–Kier alpha value is -3.35. The van der Waals surface area contributed by atoms with Gasteiger partial charge in [0.2, 0.25) is 0 Å². The summed E-state index contributed by atoms with van der Waals surface area (Å²) in [4.78, 5) is 12.4. The zero-order valence-electron chi connectivity index (χ0n) is 14.3. The molecule has 3 aromatic rings. The first-order chi connectivity index (χ1) is 12.0. The predicted octanol–water partition coefficient (Wildman–Crippen LogP) is 2.73. The number of rotatable bonds is 4. The summed E-state index contributed by atoms with van der Waals surface area (Å²) in [7, 11) is 1.59. The molecule has 0 aliphatic heterocycles. The monoisotopic (exact) mass is 337 g/mol. The number of hydrogen-bond acceptors (Lipinski definition) is 5. The van der Waals surface area contributed by atoms with Gasteiger partial charge in [-0.15, -0.1) is 5.10 Å². The van der Waals surface area contributed by atoms with Crippen LogP contribution < -0.4 is 15.8 Å². The summed E-state index contributed by atoms with van der Waals surface area (Å²) in [5.74, 6) is 0.488. The van der Waals surface area contributed by atoms with Crippen LogP contribution in [0.1, 0.15) is 21.6 Å². The molecule has 0 radical (unpaired) electrons. The van der Waals surface area contributed by atoms with Gasteiger partial charge in [-0.2, -0.15) is 4.68 Å². The number of carbonyl (C=O) groups is 1. The van der Waals surface area contributed by atoms with Crippen LogP contribution in [0.4, 0.5) is 11.5 Å². The van der Waals surface area contributed by atoms with Gasteiger partial charge in [0, 0.05) is 5.69 Å². The fourth-order valence-electron chi connectivity index (χ4n) is 2.37. The molecule has 0 aliphatic carbocycles. The lowest BCUT2D eigenvalue weighted by Crippen LogP contribution is -2.15.